The van der Waals surface area contributed by atoms with Gasteiger partial charge in [-0.2, -0.15) is 9.67 Å². The molecule has 0 amide bonds. The average Bonchev–Trinajstić information content (AvgIpc) is 3.30. The van der Waals surface area contributed by atoms with E-state index in [-0.39, 0.29) is 0 Å². The van der Waals surface area contributed by atoms with Crippen LogP contribution in [0.4, 0.5) is 0 Å². The van der Waals surface area contributed by atoms with Gasteiger partial charge in [-0.3, -0.25) is 4.98 Å². The van der Waals surface area contributed by atoms with Gasteiger partial charge in [0.2, 0.25) is 5.52 Å². The van der Waals surface area contributed by atoms with Crippen molar-refractivity contribution in [3.63, 3.8) is 0 Å². The zero-order valence-corrected chi connectivity index (χ0v) is 13.4. The summed E-state index contributed by atoms with van der Waals surface area (Å²) < 4.78 is 6.63. The molecule has 4 aromatic heterocycles. The van der Waals surface area contributed by atoms with Gasteiger partial charge in [-0.15, -0.1) is 0 Å². The topological polar surface area (TPSA) is 39.0 Å². The van der Waals surface area contributed by atoms with Crippen molar-refractivity contribution in [2.75, 3.05) is 0 Å². The van der Waals surface area contributed by atoms with Gasteiger partial charge in [-0.25, -0.2) is 9.08 Å². The summed E-state index contributed by atoms with van der Waals surface area (Å²) in [7, 11) is 0. The third-order valence-corrected chi connectivity index (χ3v) is 4.94. The van der Waals surface area contributed by atoms with Gasteiger partial charge in [0, 0.05) is 12.4 Å². The second-order valence-electron chi connectivity index (χ2n) is 6.29. The van der Waals surface area contributed by atoms with Gasteiger partial charge in [0.15, 0.2) is 5.52 Å². The number of para-hydroxylation sites is 1. The maximum Gasteiger partial charge on any atom is 0.297 e. The van der Waals surface area contributed by atoms with Crippen molar-refractivity contribution in [2.45, 2.75) is 6.54 Å². The molecule has 0 radical (unpaired) electrons. The minimum Gasteiger partial charge on any atom is -0.256 e. The van der Waals surface area contributed by atoms with E-state index in [9.17, 15) is 0 Å². The Bertz CT molecular complexity index is 1260. The van der Waals surface area contributed by atoms with E-state index in [0.717, 1.165) is 23.4 Å². The molecule has 6 rings (SSSR count). The van der Waals surface area contributed by atoms with E-state index >= 15 is 0 Å². The average molecular weight is 324 g/mol. The number of hydrogen-bond acceptors (Lipinski definition) is 2. The van der Waals surface area contributed by atoms with Crippen LogP contribution >= 0.6 is 0 Å². The molecule has 118 valence electrons. The number of rotatable bonds is 1. The Morgan fingerprint density at radius 3 is 2.72 bits per heavy atom. The highest BCUT2D eigenvalue weighted by Crippen LogP contribution is 2.34. The molecule has 0 saturated heterocycles. The van der Waals surface area contributed by atoms with Gasteiger partial charge >= 0.3 is 0 Å². The number of pyridine rings is 1. The summed E-state index contributed by atoms with van der Waals surface area (Å²) in [6.45, 7) is 0.790. The first-order chi connectivity index (χ1) is 12.4. The maximum atomic E-state index is 4.59. The van der Waals surface area contributed by atoms with E-state index in [0.29, 0.717) is 0 Å². The molecule has 5 nitrogen and oxygen atoms in total. The largest absolute Gasteiger partial charge is 0.297 e. The minimum absolute atomic E-state index is 0.790. The van der Waals surface area contributed by atoms with Gasteiger partial charge in [-0.1, -0.05) is 18.2 Å². The molecular weight excluding hydrogens is 310 g/mol. The molecule has 25 heavy (non-hydrogen) atoms. The van der Waals surface area contributed by atoms with Crippen LogP contribution in [0.2, 0.25) is 0 Å². The number of fused-ring (bicyclic) bond motifs is 7. The molecule has 1 aliphatic heterocycles. The first kappa shape index (κ1) is 12.9. The lowest BCUT2D eigenvalue weighted by Crippen LogP contribution is -2.31. The highest BCUT2D eigenvalue weighted by atomic mass is 15.3. The van der Waals surface area contributed by atoms with E-state index in [1.54, 1.807) is 0 Å². The summed E-state index contributed by atoms with van der Waals surface area (Å²) in [5, 5.41) is 4.47. The van der Waals surface area contributed by atoms with Crippen molar-refractivity contribution >= 4 is 16.6 Å². The summed E-state index contributed by atoms with van der Waals surface area (Å²) in [6, 6.07) is 18.8. The van der Waals surface area contributed by atoms with Gasteiger partial charge in [0.25, 0.3) is 5.82 Å². The van der Waals surface area contributed by atoms with E-state index in [1.165, 1.54) is 22.4 Å². The van der Waals surface area contributed by atoms with Crippen LogP contribution in [0, 0.1) is 0 Å². The van der Waals surface area contributed by atoms with Crippen LogP contribution in [-0.4, -0.2) is 19.2 Å². The molecule has 0 fully saturated rings. The Morgan fingerprint density at radius 2 is 1.80 bits per heavy atom. The molecule has 1 aliphatic rings. The van der Waals surface area contributed by atoms with Crippen molar-refractivity contribution in [3.8, 4) is 17.1 Å². The van der Waals surface area contributed by atoms with E-state index in [4.69, 9.17) is 0 Å². The van der Waals surface area contributed by atoms with E-state index in [2.05, 4.69) is 61.8 Å². The van der Waals surface area contributed by atoms with Gasteiger partial charge in [-0.05, 0) is 36.4 Å². The van der Waals surface area contributed by atoms with Crippen LogP contribution in [0.3, 0.4) is 0 Å². The number of benzene rings is 1. The lowest BCUT2D eigenvalue weighted by molar-refractivity contribution is -0.646. The van der Waals surface area contributed by atoms with Gasteiger partial charge in [0.1, 0.15) is 17.7 Å². The third kappa shape index (κ3) is 1.59. The Morgan fingerprint density at radius 1 is 0.920 bits per heavy atom. The lowest BCUT2D eigenvalue weighted by atomic mass is 10.2. The fraction of sp³-hybridized carbons (Fsp3) is 0.0500. The molecule has 0 bridgehead atoms. The fourth-order valence-electron chi connectivity index (χ4n) is 3.92. The van der Waals surface area contributed by atoms with Gasteiger partial charge in [0.05, 0.1) is 17.5 Å². The van der Waals surface area contributed by atoms with Crippen molar-refractivity contribution < 1.29 is 4.57 Å². The first-order valence-corrected chi connectivity index (χ1v) is 8.32. The molecule has 1 aromatic carbocycles. The Labute approximate surface area is 143 Å². The van der Waals surface area contributed by atoms with Crippen molar-refractivity contribution in [3.05, 3.63) is 78.9 Å². The monoisotopic (exact) mass is 324 g/mol. The zero-order chi connectivity index (χ0) is 16.4. The summed E-state index contributed by atoms with van der Waals surface area (Å²) in [6.07, 6.45) is 5.80. The van der Waals surface area contributed by atoms with Crippen molar-refractivity contribution in [1.29, 1.82) is 0 Å². The highest BCUT2D eigenvalue weighted by molar-refractivity contribution is 5.94. The smallest absolute Gasteiger partial charge is 0.256 e. The van der Waals surface area contributed by atoms with Crippen LogP contribution in [0.1, 0.15) is 5.69 Å². The predicted octanol–water partition coefficient (Wildman–Crippen LogP) is 2.99. The zero-order valence-electron chi connectivity index (χ0n) is 13.4. The van der Waals surface area contributed by atoms with Gasteiger partial charge < -0.3 is 0 Å². The van der Waals surface area contributed by atoms with Crippen molar-refractivity contribution in [2.24, 2.45) is 0 Å². The Hall–Kier alpha value is -3.47. The van der Waals surface area contributed by atoms with Crippen LogP contribution in [0.25, 0.3) is 33.6 Å². The molecule has 0 spiro atoms. The molecule has 0 atom stereocenters. The fourth-order valence-corrected chi connectivity index (χ4v) is 3.92. The molecule has 0 saturated carbocycles. The molecule has 5 heteroatoms. The summed E-state index contributed by atoms with van der Waals surface area (Å²) in [5.41, 5.74) is 6.93. The number of nitrogens with zero attached hydrogens (tertiary/aromatic N) is 5. The number of imidazole rings is 1. The second kappa shape index (κ2) is 4.54. The summed E-state index contributed by atoms with van der Waals surface area (Å²) in [4.78, 5) is 4.59. The molecule has 5 aromatic rings. The predicted molar refractivity (Wildman–Crippen MR) is 94.6 cm³/mol. The van der Waals surface area contributed by atoms with Crippen LogP contribution in [-0.2, 0) is 6.54 Å². The standard InChI is InChI=1S/C20H14N5/c1-2-6-14(7-3-1)25-19-17-9-5-11-22-24(17)13-18(19)23-12-16-15(20(23)25)8-4-10-21-16/h1-11,13H,12H2/q+1. The molecule has 5 heterocycles. The van der Waals surface area contributed by atoms with Crippen LogP contribution in [0.15, 0.2) is 73.2 Å². The molecule has 0 unspecified atom stereocenters. The SMILES string of the molecule is c1ccc(-n2c3[n+](c4cn5ncccc5c42)Cc2ncccc2-3)cc1. The summed E-state index contributed by atoms with van der Waals surface area (Å²) in [5.74, 6) is 1.19. The molecular formula is C20H14N5+. The quantitative estimate of drug-likeness (QED) is 0.436. The number of hydrogen-bond donors (Lipinski definition) is 0. The van der Waals surface area contributed by atoms with Crippen LogP contribution in [0.5, 0.6) is 0 Å². The first-order valence-electron chi connectivity index (χ1n) is 8.32. The third-order valence-electron chi connectivity index (χ3n) is 4.94. The maximum absolute atomic E-state index is 4.59. The van der Waals surface area contributed by atoms with E-state index < -0.39 is 0 Å². The minimum atomic E-state index is 0.790. The van der Waals surface area contributed by atoms with Crippen LogP contribution < -0.4 is 4.57 Å². The summed E-state index contributed by atoms with van der Waals surface area (Å²) >= 11 is 0. The second-order valence-corrected chi connectivity index (χ2v) is 6.29. The normalized spacial score (nSPS) is 12.6. The van der Waals surface area contributed by atoms with E-state index in [1.807, 2.05) is 35.1 Å². The lowest BCUT2D eigenvalue weighted by Gasteiger charge is -2.02. The molecule has 0 aliphatic carbocycles. The highest BCUT2D eigenvalue weighted by Gasteiger charge is 2.37. The Balaban J connectivity index is 1.84. The number of aromatic nitrogens is 5. The molecule has 0 N–H and O–H groups in total. The van der Waals surface area contributed by atoms with Crippen molar-refractivity contribution in [1.82, 2.24) is 19.2 Å². The Kier molecular flexibility index (Phi) is 2.34.